The van der Waals surface area contributed by atoms with Crippen LogP contribution in [0.25, 0.3) is 0 Å². The van der Waals surface area contributed by atoms with Crippen molar-refractivity contribution in [3.05, 3.63) is 33.8 Å². The molecule has 2 fully saturated rings. The predicted molar refractivity (Wildman–Crippen MR) is 77.4 cm³/mol. The van der Waals surface area contributed by atoms with E-state index in [1.54, 1.807) is 18.2 Å². The van der Waals surface area contributed by atoms with Gasteiger partial charge in [0.1, 0.15) is 0 Å². The monoisotopic (exact) mass is 333 g/mol. The van der Waals surface area contributed by atoms with E-state index in [1.165, 1.54) is 0 Å². The molecule has 7 heteroatoms. The average Bonchev–Trinajstić information content (AvgIpc) is 3.05. The maximum atomic E-state index is 12.3. The molecule has 1 aromatic carbocycles. The van der Waals surface area contributed by atoms with E-state index in [0.717, 1.165) is 9.87 Å². The first-order valence-electron chi connectivity index (χ1n) is 6.39. The molecule has 4 nitrogen and oxygen atoms in total. The molecule has 1 saturated heterocycles. The summed E-state index contributed by atoms with van der Waals surface area (Å²) in [5.41, 5.74) is 0.900. The molecule has 2 aliphatic rings. The summed E-state index contributed by atoms with van der Waals surface area (Å²) in [4.78, 5) is 12.3. The highest BCUT2D eigenvalue weighted by Gasteiger charge is 2.49. The number of carbonyl (C=O) groups is 1. The minimum atomic E-state index is -3.38. The maximum absolute atomic E-state index is 12.3. The SMILES string of the molecule is O=C([C@@H]1C[C@@H]1c1cc(Cl)cc(Cl)c1)N1CCCS1(=O)=O. The summed E-state index contributed by atoms with van der Waals surface area (Å²) >= 11 is 11.9. The lowest BCUT2D eigenvalue weighted by Crippen LogP contribution is -2.34. The van der Waals surface area contributed by atoms with Gasteiger partial charge in [-0.25, -0.2) is 12.7 Å². The molecular formula is C13H13Cl2NO3S. The molecule has 2 atom stereocenters. The Morgan fingerprint density at radius 1 is 1.20 bits per heavy atom. The Morgan fingerprint density at radius 3 is 2.40 bits per heavy atom. The van der Waals surface area contributed by atoms with Gasteiger partial charge in [0.15, 0.2) is 0 Å². The fraction of sp³-hybridized carbons (Fsp3) is 0.462. The average molecular weight is 334 g/mol. The second kappa shape index (κ2) is 4.90. The second-order valence-electron chi connectivity index (χ2n) is 5.23. The van der Waals surface area contributed by atoms with Crippen LogP contribution < -0.4 is 0 Å². The van der Waals surface area contributed by atoms with Crippen molar-refractivity contribution in [1.29, 1.82) is 0 Å². The molecule has 0 spiro atoms. The lowest BCUT2D eigenvalue weighted by Gasteiger charge is -2.14. The highest BCUT2D eigenvalue weighted by molar-refractivity contribution is 7.89. The maximum Gasteiger partial charge on any atom is 0.239 e. The predicted octanol–water partition coefficient (Wildman–Crippen LogP) is 2.66. The summed E-state index contributed by atoms with van der Waals surface area (Å²) in [7, 11) is -3.38. The first kappa shape index (κ1) is 14.2. The van der Waals surface area contributed by atoms with Gasteiger partial charge in [-0.05, 0) is 42.5 Å². The summed E-state index contributed by atoms with van der Waals surface area (Å²) in [5, 5.41) is 1.05. The molecule has 1 saturated carbocycles. The van der Waals surface area contributed by atoms with Gasteiger partial charge in [-0.15, -0.1) is 0 Å². The van der Waals surface area contributed by atoms with E-state index in [4.69, 9.17) is 23.2 Å². The number of halogens is 2. The van der Waals surface area contributed by atoms with Crippen LogP contribution in [0.2, 0.25) is 10.0 Å². The number of hydrogen-bond acceptors (Lipinski definition) is 3. The van der Waals surface area contributed by atoms with Gasteiger partial charge in [-0.3, -0.25) is 4.79 Å². The third-order valence-electron chi connectivity index (χ3n) is 3.77. The lowest BCUT2D eigenvalue weighted by molar-refractivity contribution is -0.127. The van der Waals surface area contributed by atoms with E-state index in [-0.39, 0.29) is 23.5 Å². The number of amides is 1. The van der Waals surface area contributed by atoms with Gasteiger partial charge in [0, 0.05) is 22.5 Å². The molecule has 108 valence electrons. The van der Waals surface area contributed by atoms with E-state index in [1.807, 2.05) is 0 Å². The van der Waals surface area contributed by atoms with Crippen LogP contribution in [-0.2, 0) is 14.8 Å². The van der Waals surface area contributed by atoms with Crippen molar-refractivity contribution in [2.24, 2.45) is 5.92 Å². The third-order valence-corrected chi connectivity index (χ3v) is 6.04. The topological polar surface area (TPSA) is 54.5 Å². The van der Waals surface area contributed by atoms with Crippen LogP contribution >= 0.6 is 23.2 Å². The normalized spacial score (nSPS) is 27.6. The standard InChI is InChI=1S/C13H13Cl2NO3S/c14-9-4-8(5-10(15)6-9)11-7-12(11)13(17)16-2-1-3-20(16,18)19/h4-6,11-12H,1-3,7H2/t11-,12-/m1/s1. The Labute approximate surface area is 127 Å². The number of benzene rings is 1. The van der Waals surface area contributed by atoms with E-state index in [2.05, 4.69) is 0 Å². The number of nitrogens with zero attached hydrogens (tertiary/aromatic N) is 1. The number of sulfonamides is 1. The summed E-state index contributed by atoms with van der Waals surface area (Å²) in [6.07, 6.45) is 1.18. The van der Waals surface area contributed by atoms with E-state index in [0.29, 0.717) is 29.4 Å². The van der Waals surface area contributed by atoms with Gasteiger partial charge in [0.25, 0.3) is 0 Å². The molecule has 0 N–H and O–H groups in total. The molecule has 1 amide bonds. The van der Waals surface area contributed by atoms with Crippen molar-refractivity contribution in [2.75, 3.05) is 12.3 Å². The molecule has 1 heterocycles. The van der Waals surface area contributed by atoms with Gasteiger partial charge in [0.05, 0.1) is 5.75 Å². The first-order chi connectivity index (χ1) is 9.38. The molecule has 3 rings (SSSR count). The minimum Gasteiger partial charge on any atom is -0.273 e. The Hall–Kier alpha value is -0.780. The Balaban J connectivity index is 1.77. The largest absolute Gasteiger partial charge is 0.273 e. The molecule has 0 unspecified atom stereocenters. The van der Waals surface area contributed by atoms with Gasteiger partial charge < -0.3 is 0 Å². The van der Waals surface area contributed by atoms with Crippen molar-refractivity contribution in [3.63, 3.8) is 0 Å². The molecule has 0 aromatic heterocycles. The number of rotatable bonds is 2. The van der Waals surface area contributed by atoms with E-state index < -0.39 is 10.0 Å². The Morgan fingerprint density at radius 2 is 1.85 bits per heavy atom. The van der Waals surface area contributed by atoms with Crippen LogP contribution in [0.1, 0.15) is 24.3 Å². The zero-order valence-electron chi connectivity index (χ0n) is 10.6. The fourth-order valence-corrected chi connectivity index (χ4v) is 4.77. The minimum absolute atomic E-state index is 0.0227. The fourth-order valence-electron chi connectivity index (χ4n) is 2.70. The molecule has 20 heavy (non-hydrogen) atoms. The zero-order chi connectivity index (χ0) is 14.5. The Kier molecular flexibility index (Phi) is 3.47. The van der Waals surface area contributed by atoms with Crippen molar-refractivity contribution >= 4 is 39.1 Å². The molecule has 1 aromatic rings. The highest BCUT2D eigenvalue weighted by atomic mass is 35.5. The summed E-state index contributed by atoms with van der Waals surface area (Å²) in [6.45, 7) is 0.306. The van der Waals surface area contributed by atoms with Crippen LogP contribution in [0.3, 0.4) is 0 Å². The number of carbonyl (C=O) groups excluding carboxylic acids is 1. The van der Waals surface area contributed by atoms with Crippen LogP contribution in [0.5, 0.6) is 0 Å². The van der Waals surface area contributed by atoms with Gasteiger partial charge in [-0.2, -0.15) is 0 Å². The third kappa shape index (κ3) is 2.54. The van der Waals surface area contributed by atoms with Crippen LogP contribution in [0, 0.1) is 5.92 Å². The Bertz CT molecular complexity index is 654. The summed E-state index contributed by atoms with van der Waals surface area (Å²) in [6, 6.07) is 5.20. The molecule has 0 radical (unpaired) electrons. The van der Waals surface area contributed by atoms with Crippen LogP contribution in [0.15, 0.2) is 18.2 Å². The highest BCUT2D eigenvalue weighted by Crippen LogP contribution is 2.50. The first-order valence-corrected chi connectivity index (χ1v) is 8.75. The smallest absolute Gasteiger partial charge is 0.239 e. The second-order valence-corrected chi connectivity index (χ2v) is 8.12. The number of hydrogen-bond donors (Lipinski definition) is 0. The molecular weight excluding hydrogens is 321 g/mol. The van der Waals surface area contributed by atoms with E-state index in [9.17, 15) is 13.2 Å². The van der Waals surface area contributed by atoms with E-state index >= 15 is 0 Å². The van der Waals surface area contributed by atoms with Gasteiger partial charge in [-0.1, -0.05) is 23.2 Å². The quantitative estimate of drug-likeness (QED) is 0.836. The molecule has 1 aliphatic carbocycles. The van der Waals surface area contributed by atoms with Crippen molar-refractivity contribution in [3.8, 4) is 0 Å². The van der Waals surface area contributed by atoms with Crippen molar-refractivity contribution in [1.82, 2.24) is 4.31 Å². The van der Waals surface area contributed by atoms with Crippen molar-refractivity contribution < 1.29 is 13.2 Å². The van der Waals surface area contributed by atoms with Gasteiger partial charge >= 0.3 is 0 Å². The molecule has 0 bridgehead atoms. The lowest BCUT2D eigenvalue weighted by atomic mass is 10.1. The molecule has 1 aliphatic heterocycles. The summed E-state index contributed by atoms with van der Waals surface area (Å²) in [5.74, 6) is -0.463. The van der Waals surface area contributed by atoms with Crippen molar-refractivity contribution in [2.45, 2.75) is 18.8 Å². The zero-order valence-corrected chi connectivity index (χ0v) is 12.9. The van der Waals surface area contributed by atoms with Gasteiger partial charge in [0.2, 0.25) is 15.9 Å². The van der Waals surface area contributed by atoms with Crippen LogP contribution in [0.4, 0.5) is 0 Å². The summed E-state index contributed by atoms with van der Waals surface area (Å²) < 4.78 is 24.5. The van der Waals surface area contributed by atoms with Crippen LogP contribution in [-0.4, -0.2) is 30.9 Å².